The Morgan fingerprint density at radius 3 is 2.83 bits per heavy atom. The van der Waals surface area contributed by atoms with Gasteiger partial charge in [-0.15, -0.1) is 0 Å². The molecule has 0 aliphatic carbocycles. The van der Waals surface area contributed by atoms with E-state index in [0.29, 0.717) is 36.5 Å². The Labute approximate surface area is 172 Å². The summed E-state index contributed by atoms with van der Waals surface area (Å²) in [5.74, 6) is -0.473. The van der Waals surface area contributed by atoms with Crippen molar-refractivity contribution >= 4 is 29.2 Å². The molecule has 3 heterocycles. The maximum Gasteiger partial charge on any atom is 0.415 e. The molecule has 1 aromatic rings. The number of benzene rings is 1. The summed E-state index contributed by atoms with van der Waals surface area (Å²) >= 11 is 0. The second-order valence-electron chi connectivity index (χ2n) is 7.43. The van der Waals surface area contributed by atoms with Crippen molar-refractivity contribution in [1.29, 1.82) is 0 Å². The van der Waals surface area contributed by atoms with Crippen LogP contribution in [0, 0.1) is 5.82 Å². The molecule has 9 nitrogen and oxygen atoms in total. The molecule has 3 N–H and O–H groups in total. The minimum Gasteiger partial charge on any atom is -0.489 e. The zero-order valence-electron chi connectivity index (χ0n) is 16.5. The summed E-state index contributed by atoms with van der Waals surface area (Å²) in [7, 11) is 0. The Balaban J connectivity index is 1.57. The summed E-state index contributed by atoms with van der Waals surface area (Å²) < 4.78 is 26.2. The van der Waals surface area contributed by atoms with Gasteiger partial charge in [-0.1, -0.05) is 6.08 Å². The number of carbonyl (C=O) groups excluding carboxylic acids is 3. The van der Waals surface area contributed by atoms with Crippen LogP contribution in [0.2, 0.25) is 0 Å². The Bertz CT molecular complexity index is 934. The summed E-state index contributed by atoms with van der Waals surface area (Å²) in [6, 6.07) is 2.41. The first kappa shape index (κ1) is 20.1. The number of nitrogens with one attached hydrogen (secondary N) is 1. The monoisotopic (exact) mass is 418 g/mol. The van der Waals surface area contributed by atoms with Crippen LogP contribution in [0.15, 0.2) is 18.2 Å². The number of anilines is 1. The highest BCUT2D eigenvalue weighted by Crippen LogP contribution is 2.42. The topological polar surface area (TPSA) is 114 Å². The fourth-order valence-electron chi connectivity index (χ4n) is 3.98. The first-order chi connectivity index (χ1) is 14.4. The molecule has 0 unspecified atom stereocenters. The number of carbonyl (C=O) groups is 3. The second-order valence-corrected chi connectivity index (χ2v) is 7.43. The van der Waals surface area contributed by atoms with Gasteiger partial charge in [0.2, 0.25) is 11.8 Å². The van der Waals surface area contributed by atoms with E-state index in [0.717, 1.165) is 5.57 Å². The highest BCUT2D eigenvalue weighted by atomic mass is 19.1. The summed E-state index contributed by atoms with van der Waals surface area (Å²) in [5, 5.41) is 2.63. The first-order valence-corrected chi connectivity index (χ1v) is 9.77. The molecule has 2 atom stereocenters. The lowest BCUT2D eigenvalue weighted by molar-refractivity contribution is -0.129. The van der Waals surface area contributed by atoms with E-state index in [1.54, 1.807) is 17.0 Å². The summed E-state index contributed by atoms with van der Waals surface area (Å²) in [5.41, 5.74) is 6.86. The SMILES string of the molecule is CC(=O)NC[C@@H]1OC(=O)N2c3cc(F)c(C4=CCN(C(=O)CN)CC4)cc3OC[C@@H]12. The smallest absolute Gasteiger partial charge is 0.415 e. The number of hydrogen-bond donors (Lipinski definition) is 2. The zero-order valence-corrected chi connectivity index (χ0v) is 16.5. The minimum absolute atomic E-state index is 0.0553. The standard InChI is InChI=1S/C20H23FN4O5/c1-11(26)23-9-18-16-10-29-17-6-13(12-2-4-24(5-3-12)19(27)8-22)14(21)7-15(17)25(16)20(28)30-18/h2,6-7,16,18H,3-5,8-10,22H2,1H3,(H,23,26)/t16-,18-/m0/s1. The molecule has 0 aromatic heterocycles. The fraction of sp³-hybridized carbons (Fsp3) is 0.450. The van der Waals surface area contributed by atoms with Crippen LogP contribution in [0.5, 0.6) is 5.75 Å². The second kappa shape index (κ2) is 7.94. The Morgan fingerprint density at radius 1 is 1.37 bits per heavy atom. The number of nitrogens with two attached hydrogens (primary N) is 1. The average Bonchev–Trinajstić information content (AvgIpc) is 3.07. The molecule has 3 amide bonds. The molecule has 3 aliphatic heterocycles. The molecule has 0 spiro atoms. The van der Waals surface area contributed by atoms with E-state index in [-0.39, 0.29) is 31.5 Å². The zero-order chi connectivity index (χ0) is 21.4. The van der Waals surface area contributed by atoms with E-state index < -0.39 is 24.1 Å². The molecule has 0 radical (unpaired) electrons. The van der Waals surface area contributed by atoms with Crippen LogP contribution in [-0.4, -0.2) is 67.7 Å². The number of amides is 3. The molecular weight excluding hydrogens is 395 g/mol. The number of rotatable bonds is 4. The molecule has 0 bridgehead atoms. The highest BCUT2D eigenvalue weighted by Gasteiger charge is 2.46. The first-order valence-electron chi connectivity index (χ1n) is 9.77. The minimum atomic E-state index is -0.597. The van der Waals surface area contributed by atoms with Gasteiger partial charge in [0.25, 0.3) is 0 Å². The molecule has 1 fully saturated rings. The molecule has 0 saturated carbocycles. The lowest BCUT2D eigenvalue weighted by Gasteiger charge is -2.32. The lowest BCUT2D eigenvalue weighted by Crippen LogP contribution is -2.47. The third kappa shape index (κ3) is 3.58. The van der Waals surface area contributed by atoms with Gasteiger partial charge < -0.3 is 25.4 Å². The molecule has 30 heavy (non-hydrogen) atoms. The van der Waals surface area contributed by atoms with Gasteiger partial charge >= 0.3 is 6.09 Å². The number of hydrogen-bond acceptors (Lipinski definition) is 6. The average molecular weight is 418 g/mol. The van der Waals surface area contributed by atoms with Crippen molar-refractivity contribution in [2.24, 2.45) is 5.73 Å². The van der Waals surface area contributed by atoms with Gasteiger partial charge in [0.1, 0.15) is 30.3 Å². The summed E-state index contributed by atoms with van der Waals surface area (Å²) in [6.45, 7) is 2.49. The van der Waals surface area contributed by atoms with E-state index in [1.165, 1.54) is 17.9 Å². The fourth-order valence-corrected chi connectivity index (χ4v) is 3.98. The van der Waals surface area contributed by atoms with Crippen LogP contribution in [-0.2, 0) is 14.3 Å². The van der Waals surface area contributed by atoms with Gasteiger partial charge in [0.05, 0.1) is 18.8 Å². The van der Waals surface area contributed by atoms with Crippen molar-refractivity contribution in [3.63, 3.8) is 0 Å². The van der Waals surface area contributed by atoms with Crippen LogP contribution in [0.25, 0.3) is 5.57 Å². The van der Waals surface area contributed by atoms with Gasteiger partial charge in [0.15, 0.2) is 0 Å². The van der Waals surface area contributed by atoms with Gasteiger partial charge in [-0.2, -0.15) is 0 Å². The summed E-state index contributed by atoms with van der Waals surface area (Å²) in [6.07, 6.45) is 1.12. The normalized spacial score (nSPS) is 22.5. The molecular formula is C20H23FN4O5. The van der Waals surface area contributed by atoms with Gasteiger partial charge in [-0.05, 0) is 18.1 Å². The van der Waals surface area contributed by atoms with E-state index >= 15 is 0 Å². The predicted molar refractivity (Wildman–Crippen MR) is 105 cm³/mol. The number of halogens is 1. The Hall–Kier alpha value is -3.14. The number of fused-ring (bicyclic) bond motifs is 3. The Kier molecular flexibility index (Phi) is 5.33. The quantitative estimate of drug-likeness (QED) is 0.741. The summed E-state index contributed by atoms with van der Waals surface area (Å²) in [4.78, 5) is 38.3. The maximum absolute atomic E-state index is 15.0. The molecule has 1 aromatic carbocycles. The van der Waals surface area contributed by atoms with Gasteiger partial charge in [0, 0.05) is 31.6 Å². The van der Waals surface area contributed by atoms with E-state index in [1.807, 2.05) is 0 Å². The van der Waals surface area contributed by atoms with Crippen LogP contribution < -0.4 is 20.7 Å². The molecule has 160 valence electrons. The highest BCUT2D eigenvalue weighted by molar-refractivity contribution is 5.94. The van der Waals surface area contributed by atoms with Crippen molar-refractivity contribution in [2.75, 3.05) is 37.7 Å². The third-order valence-electron chi connectivity index (χ3n) is 5.56. The molecule has 4 rings (SSSR count). The van der Waals surface area contributed by atoms with E-state index in [2.05, 4.69) is 5.32 Å². The van der Waals surface area contributed by atoms with Crippen molar-refractivity contribution in [2.45, 2.75) is 25.5 Å². The largest absolute Gasteiger partial charge is 0.489 e. The predicted octanol–water partition coefficient (Wildman–Crippen LogP) is 0.622. The van der Waals surface area contributed by atoms with Crippen molar-refractivity contribution in [3.8, 4) is 5.75 Å². The molecule has 1 saturated heterocycles. The number of nitrogens with zero attached hydrogens (tertiary/aromatic N) is 2. The van der Waals surface area contributed by atoms with Crippen LogP contribution >= 0.6 is 0 Å². The maximum atomic E-state index is 15.0. The van der Waals surface area contributed by atoms with Crippen molar-refractivity contribution < 1.29 is 28.2 Å². The molecule has 10 heteroatoms. The lowest BCUT2D eigenvalue weighted by atomic mass is 9.97. The van der Waals surface area contributed by atoms with Crippen LogP contribution in [0.4, 0.5) is 14.9 Å². The van der Waals surface area contributed by atoms with Crippen LogP contribution in [0.1, 0.15) is 18.9 Å². The number of ether oxygens (including phenoxy) is 2. The van der Waals surface area contributed by atoms with Crippen LogP contribution in [0.3, 0.4) is 0 Å². The van der Waals surface area contributed by atoms with Crippen molar-refractivity contribution in [3.05, 3.63) is 29.6 Å². The third-order valence-corrected chi connectivity index (χ3v) is 5.56. The van der Waals surface area contributed by atoms with Gasteiger partial charge in [-0.3, -0.25) is 14.5 Å². The van der Waals surface area contributed by atoms with E-state index in [4.69, 9.17) is 15.2 Å². The Morgan fingerprint density at radius 2 is 2.17 bits per heavy atom. The van der Waals surface area contributed by atoms with Gasteiger partial charge in [-0.25, -0.2) is 9.18 Å². The molecule has 3 aliphatic rings. The van der Waals surface area contributed by atoms with Crippen molar-refractivity contribution in [1.82, 2.24) is 10.2 Å². The number of cyclic esters (lactones) is 1. The van der Waals surface area contributed by atoms with E-state index in [9.17, 15) is 18.8 Å².